The van der Waals surface area contributed by atoms with Gasteiger partial charge in [0.1, 0.15) is 0 Å². The van der Waals surface area contributed by atoms with Crippen LogP contribution in [-0.2, 0) is 36.1 Å². The molecular formula is C49H48F3N2O3P2RuS+2. The van der Waals surface area contributed by atoms with Crippen molar-refractivity contribution in [1.29, 1.82) is 0 Å². The van der Waals surface area contributed by atoms with E-state index in [4.69, 9.17) is 13.0 Å². The Morgan fingerprint density at radius 1 is 0.525 bits per heavy atom. The first-order valence-corrected chi connectivity index (χ1v) is 23.3. The predicted molar refractivity (Wildman–Crippen MR) is 247 cm³/mol. The molecule has 1 aliphatic rings. The third-order valence-electron chi connectivity index (χ3n) is 8.26. The van der Waals surface area contributed by atoms with Crippen LogP contribution in [-0.4, -0.2) is 28.0 Å². The molecule has 8 rings (SSSR count). The molecule has 5 nitrogen and oxygen atoms in total. The van der Waals surface area contributed by atoms with Gasteiger partial charge in [-0.1, -0.05) is 195 Å². The summed E-state index contributed by atoms with van der Waals surface area (Å²) in [6, 6.07) is 64.7. The quantitative estimate of drug-likeness (QED) is 0.0678. The smallest absolute Gasteiger partial charge is 0.337 e. The first-order valence-electron chi connectivity index (χ1n) is 19.1. The van der Waals surface area contributed by atoms with Crippen LogP contribution in [0.15, 0.2) is 201 Å². The maximum atomic E-state index is 10.7. The molecule has 1 saturated carbocycles. The number of aryl methyl sites for hydroxylation is 1. The molecule has 0 amide bonds. The van der Waals surface area contributed by atoms with Crippen molar-refractivity contribution in [3.05, 3.63) is 233 Å². The minimum Gasteiger partial charge on any atom is -0.337 e. The van der Waals surface area contributed by atoms with Crippen molar-refractivity contribution in [2.45, 2.75) is 31.8 Å². The zero-order valence-corrected chi connectivity index (χ0v) is 37.9. The fourth-order valence-corrected chi connectivity index (χ4v) is 10.0. The number of benzene rings is 6. The van der Waals surface area contributed by atoms with E-state index in [2.05, 4.69) is 198 Å². The van der Waals surface area contributed by atoms with Crippen LogP contribution in [0.4, 0.5) is 13.2 Å². The summed E-state index contributed by atoms with van der Waals surface area (Å²) in [5.74, 6) is 0. The minimum absolute atomic E-state index is 0. The van der Waals surface area contributed by atoms with Crippen LogP contribution in [0, 0.1) is 32.1 Å². The Morgan fingerprint density at radius 3 is 0.951 bits per heavy atom. The maximum Gasteiger partial charge on any atom is 2.00 e. The van der Waals surface area contributed by atoms with Crippen LogP contribution in [0.25, 0.3) is 0 Å². The largest absolute Gasteiger partial charge is 2.00 e. The molecular weight excluding hydrogens is 917 g/mol. The summed E-state index contributed by atoms with van der Waals surface area (Å²) in [7, 11) is -6.73. The Labute approximate surface area is 375 Å². The third kappa shape index (κ3) is 18.7. The third-order valence-corrected chi connectivity index (χ3v) is 13.7. The zero-order valence-electron chi connectivity index (χ0n) is 33.5. The van der Waals surface area contributed by atoms with Crippen LogP contribution >= 0.6 is 15.8 Å². The average Bonchev–Trinajstić information content (AvgIpc) is 4.05. The van der Waals surface area contributed by atoms with Gasteiger partial charge in [0.25, 0.3) is 0 Å². The second-order valence-electron chi connectivity index (χ2n) is 12.7. The van der Waals surface area contributed by atoms with Crippen LogP contribution < -0.4 is 31.8 Å². The number of nitrogens with zero attached hydrogens (tertiary/aromatic N) is 2. The summed E-state index contributed by atoms with van der Waals surface area (Å²) in [5.41, 5.74) is -5.53. The number of hydrogen-bond donors (Lipinski definition) is 1. The van der Waals surface area contributed by atoms with E-state index < -0.39 is 31.5 Å². The van der Waals surface area contributed by atoms with Gasteiger partial charge in [-0.25, -0.2) is 4.98 Å². The molecule has 61 heavy (non-hydrogen) atoms. The van der Waals surface area contributed by atoms with Crippen molar-refractivity contribution in [2.75, 3.05) is 0 Å². The fourth-order valence-electron chi connectivity index (χ4n) is 5.44. The molecule has 0 aliphatic heterocycles. The standard InChI is InChI=1S/2C18H15P.C7H12N2.C5H5.CHF3O3S.Ru/c2*1-4-10-16(11-5-1)19(17-12-6-2-7-13-17)18-14-8-3-9-15-18;1-2-3-5-9-6-4-8-7-9;1-2-4-5-3-1;2-1(3,4)8(5,6)7;/h2*1-15H;4,6-7H,2-3,5H2,1H3;1-5H;(H,5,6,7);/q;;;;;+2. The molecule has 0 saturated heterocycles. The molecule has 0 spiro atoms. The average molecular weight is 965 g/mol. The molecule has 1 aromatic heterocycles. The molecule has 6 aromatic carbocycles. The molecule has 5 radical (unpaired) electrons. The monoisotopic (exact) mass is 965 g/mol. The fraction of sp³-hybridized carbons (Fsp3) is 0.102. The van der Waals surface area contributed by atoms with E-state index in [-0.39, 0.29) is 19.5 Å². The number of aromatic nitrogens is 2. The zero-order chi connectivity index (χ0) is 42.9. The molecule has 12 heteroatoms. The van der Waals surface area contributed by atoms with Crippen molar-refractivity contribution in [3.63, 3.8) is 0 Å². The SMILES string of the molecule is CCCCn1ccnc1.O=S(=O)(O)C(F)(F)F.[CH]1[CH][CH][CH][CH]1.[Ru+2].c1ccc(P(c2ccccc2)c2ccccc2)cc1.c1ccc(P(c2ccccc2)c2ccccc2)cc1. The molecule has 1 heterocycles. The van der Waals surface area contributed by atoms with E-state index in [1.54, 1.807) is 0 Å². The van der Waals surface area contributed by atoms with Gasteiger partial charge in [-0.3, -0.25) is 4.55 Å². The second-order valence-corrected chi connectivity index (χ2v) is 18.6. The number of imidazole rings is 1. The van der Waals surface area contributed by atoms with Crippen LogP contribution in [0.3, 0.4) is 0 Å². The summed E-state index contributed by atoms with van der Waals surface area (Å²) < 4.78 is 59.6. The van der Waals surface area contributed by atoms with Crippen molar-refractivity contribution in [3.8, 4) is 0 Å². The summed E-state index contributed by atoms with van der Waals surface area (Å²) in [6.07, 6.45) is 18.2. The van der Waals surface area contributed by atoms with Gasteiger partial charge in [0.2, 0.25) is 0 Å². The summed E-state index contributed by atoms with van der Waals surface area (Å²) >= 11 is 0. The van der Waals surface area contributed by atoms with Gasteiger partial charge >= 0.3 is 35.1 Å². The first kappa shape index (κ1) is 51.1. The summed E-state index contributed by atoms with van der Waals surface area (Å²) in [4.78, 5) is 3.94. The van der Waals surface area contributed by atoms with Gasteiger partial charge in [0, 0.05) is 18.9 Å². The van der Waals surface area contributed by atoms with E-state index in [0.29, 0.717) is 0 Å². The topological polar surface area (TPSA) is 72.2 Å². The van der Waals surface area contributed by atoms with Crippen molar-refractivity contribution in [1.82, 2.24) is 9.55 Å². The van der Waals surface area contributed by atoms with E-state index >= 15 is 0 Å². The van der Waals surface area contributed by atoms with Gasteiger partial charge < -0.3 is 4.57 Å². The molecule has 0 atom stereocenters. The Bertz CT molecular complexity index is 1930. The van der Waals surface area contributed by atoms with Gasteiger partial charge in [-0.15, -0.1) is 0 Å². The summed E-state index contributed by atoms with van der Waals surface area (Å²) in [6.45, 7) is 3.30. The predicted octanol–water partition coefficient (Wildman–Crippen LogP) is 9.99. The molecule has 0 unspecified atom stereocenters. The van der Waals surface area contributed by atoms with Crippen molar-refractivity contribution >= 4 is 57.8 Å². The van der Waals surface area contributed by atoms with E-state index in [0.717, 1.165) is 6.54 Å². The maximum absolute atomic E-state index is 10.7. The Kier molecular flexibility index (Phi) is 23.7. The van der Waals surface area contributed by atoms with Crippen LogP contribution in [0.2, 0.25) is 0 Å². The van der Waals surface area contributed by atoms with Crippen LogP contribution in [0.5, 0.6) is 0 Å². The van der Waals surface area contributed by atoms with E-state index in [9.17, 15) is 13.2 Å². The Morgan fingerprint density at radius 2 is 0.770 bits per heavy atom. The minimum atomic E-state index is -5.84. The molecule has 0 bridgehead atoms. The van der Waals surface area contributed by atoms with Crippen molar-refractivity contribution < 1.29 is 45.6 Å². The Hall–Kier alpha value is -4.29. The number of halogens is 3. The molecule has 1 fully saturated rings. The number of hydrogen-bond acceptors (Lipinski definition) is 3. The number of unbranched alkanes of at least 4 members (excludes halogenated alkanes) is 1. The summed E-state index contributed by atoms with van der Waals surface area (Å²) in [5, 5.41) is 8.39. The first-order chi connectivity index (χ1) is 29.1. The number of rotatable bonds is 9. The van der Waals surface area contributed by atoms with Gasteiger partial charge in [-0.2, -0.15) is 21.6 Å². The second kappa shape index (κ2) is 28.3. The Balaban J connectivity index is 0.000000220. The van der Waals surface area contributed by atoms with Gasteiger partial charge in [0.15, 0.2) is 0 Å². The van der Waals surface area contributed by atoms with Gasteiger partial charge in [0.05, 0.1) is 6.33 Å². The number of alkyl halides is 3. The molecule has 7 aromatic rings. The molecule has 1 N–H and O–H groups in total. The molecule has 1 aliphatic carbocycles. The van der Waals surface area contributed by atoms with E-state index in [1.165, 1.54) is 44.7 Å². The van der Waals surface area contributed by atoms with Gasteiger partial charge in [-0.05, 0) is 86.2 Å². The normalized spacial score (nSPS) is 11.9. The van der Waals surface area contributed by atoms with E-state index in [1.807, 2.05) is 50.8 Å². The van der Waals surface area contributed by atoms with Crippen molar-refractivity contribution in [2.24, 2.45) is 0 Å². The molecule has 315 valence electrons. The van der Waals surface area contributed by atoms with Crippen LogP contribution in [0.1, 0.15) is 19.8 Å².